The third-order valence-electron chi connectivity index (χ3n) is 0.593. The van der Waals surface area contributed by atoms with Crippen molar-refractivity contribution in [2.75, 3.05) is 6.61 Å². The molecular weight excluding hydrogens is 124 g/mol. The molecule has 0 heterocycles. The minimum absolute atomic E-state index is 0.140. The number of nitrogens with zero attached hydrogens (tertiary/aromatic N) is 1. The molecule has 9 heavy (non-hydrogen) atoms. The Kier molecular flexibility index (Phi) is 3.54. The number of carbonyl (C=O) groups is 1. The molecule has 0 fully saturated rings. The van der Waals surface area contributed by atoms with Crippen molar-refractivity contribution in [2.45, 2.75) is 13.1 Å². The summed E-state index contributed by atoms with van der Waals surface area (Å²) < 4.78 is 4.34. The number of esters is 1. The molecule has 52 valence electrons. The minimum Gasteiger partial charge on any atom is -0.462 e. The lowest BCUT2D eigenvalue weighted by Gasteiger charge is -2.00. The minimum atomic E-state index is -0.936. The molecule has 0 amide bonds. The van der Waals surface area contributed by atoms with E-state index in [0.717, 1.165) is 0 Å². The average molecular weight is 132 g/mol. The van der Waals surface area contributed by atoms with Gasteiger partial charge in [-0.2, -0.15) is 0 Å². The second kappa shape index (κ2) is 3.96. The van der Waals surface area contributed by atoms with Gasteiger partial charge in [-0.05, 0) is 5.18 Å². The van der Waals surface area contributed by atoms with Crippen LogP contribution < -0.4 is 5.73 Å². The largest absolute Gasteiger partial charge is 0.462 e. The van der Waals surface area contributed by atoms with Gasteiger partial charge >= 0.3 is 5.97 Å². The number of hydrogen-bond donors (Lipinski definition) is 1. The summed E-state index contributed by atoms with van der Waals surface area (Å²) in [5.41, 5.74) is 4.96. The van der Waals surface area contributed by atoms with Crippen molar-refractivity contribution in [1.29, 1.82) is 0 Å². The van der Waals surface area contributed by atoms with Crippen molar-refractivity contribution < 1.29 is 9.53 Å². The summed E-state index contributed by atoms with van der Waals surface area (Å²) in [5, 5.41) is 2.41. The second-order valence-electron chi connectivity index (χ2n) is 1.48. The van der Waals surface area contributed by atoms with Crippen LogP contribution in [0.15, 0.2) is 5.18 Å². The maximum atomic E-state index is 10.0. The van der Waals surface area contributed by atoms with E-state index in [4.69, 9.17) is 5.73 Å². The third kappa shape index (κ3) is 4.89. The molecular formula is C4H8N2O3. The molecule has 5 nitrogen and oxygen atoms in total. The highest BCUT2D eigenvalue weighted by atomic mass is 16.5. The van der Waals surface area contributed by atoms with Crippen LogP contribution in [0, 0.1) is 4.91 Å². The van der Waals surface area contributed by atoms with Gasteiger partial charge in [-0.15, -0.1) is 4.91 Å². The second-order valence-corrected chi connectivity index (χ2v) is 1.48. The molecule has 0 radical (unpaired) electrons. The third-order valence-corrected chi connectivity index (χ3v) is 0.593. The van der Waals surface area contributed by atoms with Gasteiger partial charge in [-0.1, -0.05) is 0 Å². The van der Waals surface area contributed by atoms with Gasteiger partial charge in [0.1, 0.15) is 6.61 Å². The number of hydrogen-bond acceptors (Lipinski definition) is 5. The number of carbonyl (C=O) groups excluding carboxylic acids is 1. The number of ether oxygens (including phenoxy) is 1. The first-order valence-corrected chi connectivity index (χ1v) is 2.38. The molecule has 1 unspecified atom stereocenters. The smallest absolute Gasteiger partial charge is 0.302 e. The van der Waals surface area contributed by atoms with Crippen molar-refractivity contribution in [1.82, 2.24) is 0 Å². The lowest BCUT2D eigenvalue weighted by Crippen LogP contribution is -2.24. The zero-order valence-corrected chi connectivity index (χ0v) is 5.03. The van der Waals surface area contributed by atoms with Crippen LogP contribution in [0.4, 0.5) is 0 Å². The number of rotatable bonds is 3. The van der Waals surface area contributed by atoms with Gasteiger partial charge in [0.05, 0.1) is 0 Å². The van der Waals surface area contributed by atoms with Gasteiger partial charge in [-0.25, -0.2) is 0 Å². The van der Waals surface area contributed by atoms with Crippen LogP contribution >= 0.6 is 0 Å². The predicted octanol–water partition coefficient (Wildman–Crippen LogP) is -0.399. The monoisotopic (exact) mass is 132 g/mol. The van der Waals surface area contributed by atoms with Gasteiger partial charge in [0, 0.05) is 6.92 Å². The van der Waals surface area contributed by atoms with E-state index >= 15 is 0 Å². The Balaban J connectivity index is 3.26. The van der Waals surface area contributed by atoms with Crippen LogP contribution in [0.3, 0.4) is 0 Å². The van der Waals surface area contributed by atoms with Crippen LogP contribution in [0.2, 0.25) is 0 Å². The normalized spacial score (nSPS) is 12.2. The summed E-state index contributed by atoms with van der Waals surface area (Å²) in [6.07, 6.45) is -0.936. The zero-order valence-electron chi connectivity index (χ0n) is 5.03. The van der Waals surface area contributed by atoms with E-state index in [1.165, 1.54) is 6.92 Å². The molecule has 0 aromatic rings. The Hall–Kier alpha value is -0.970. The van der Waals surface area contributed by atoms with Gasteiger partial charge in [0.2, 0.25) is 0 Å². The van der Waals surface area contributed by atoms with E-state index in [1.807, 2.05) is 0 Å². The van der Waals surface area contributed by atoms with Crippen LogP contribution in [0.1, 0.15) is 6.92 Å². The Morgan fingerprint density at radius 3 is 2.78 bits per heavy atom. The van der Waals surface area contributed by atoms with Crippen molar-refractivity contribution in [3.63, 3.8) is 0 Å². The van der Waals surface area contributed by atoms with Crippen molar-refractivity contribution in [3.8, 4) is 0 Å². The van der Waals surface area contributed by atoms with Crippen LogP contribution in [-0.4, -0.2) is 18.7 Å². The summed E-state index contributed by atoms with van der Waals surface area (Å²) in [7, 11) is 0. The molecule has 1 atom stereocenters. The first-order chi connectivity index (χ1) is 4.16. The molecule has 5 heteroatoms. The highest BCUT2D eigenvalue weighted by molar-refractivity contribution is 5.65. The Morgan fingerprint density at radius 2 is 2.44 bits per heavy atom. The summed E-state index contributed by atoms with van der Waals surface area (Å²) in [6, 6.07) is 0. The standard InChI is InChI=1S/C4H8N2O3/c1-3(7)9-2-4(5)6-8/h4H,2,5H2,1H3. The van der Waals surface area contributed by atoms with Gasteiger partial charge in [0.15, 0.2) is 6.17 Å². The number of nitroso groups, excluding NO2 is 1. The predicted molar refractivity (Wildman–Crippen MR) is 30.4 cm³/mol. The van der Waals surface area contributed by atoms with E-state index in [1.54, 1.807) is 0 Å². The quantitative estimate of drug-likeness (QED) is 0.418. The van der Waals surface area contributed by atoms with E-state index in [2.05, 4.69) is 9.91 Å². The van der Waals surface area contributed by atoms with E-state index < -0.39 is 12.1 Å². The molecule has 0 bridgehead atoms. The fourth-order valence-electron chi connectivity index (χ4n) is 0.233. The summed E-state index contributed by atoms with van der Waals surface area (Å²) in [6.45, 7) is 1.09. The Bertz CT molecular complexity index is 114. The molecule has 0 rings (SSSR count). The Morgan fingerprint density at radius 1 is 1.89 bits per heavy atom. The van der Waals surface area contributed by atoms with E-state index in [-0.39, 0.29) is 6.61 Å². The molecule has 0 aromatic carbocycles. The molecule has 0 aromatic heterocycles. The van der Waals surface area contributed by atoms with Gasteiger partial charge < -0.3 is 10.5 Å². The van der Waals surface area contributed by atoms with E-state index in [9.17, 15) is 9.70 Å². The van der Waals surface area contributed by atoms with Crippen molar-refractivity contribution in [3.05, 3.63) is 4.91 Å². The van der Waals surface area contributed by atoms with Gasteiger partial charge in [-0.3, -0.25) is 4.79 Å². The topological polar surface area (TPSA) is 81.8 Å². The maximum absolute atomic E-state index is 10.0. The highest BCUT2D eigenvalue weighted by Gasteiger charge is 2.01. The molecule has 0 aliphatic rings. The molecule has 0 spiro atoms. The van der Waals surface area contributed by atoms with Crippen LogP contribution in [-0.2, 0) is 9.53 Å². The lowest BCUT2D eigenvalue weighted by molar-refractivity contribution is -0.141. The molecule has 0 saturated heterocycles. The zero-order chi connectivity index (χ0) is 7.28. The van der Waals surface area contributed by atoms with Crippen LogP contribution in [0.5, 0.6) is 0 Å². The lowest BCUT2D eigenvalue weighted by atomic mass is 10.6. The molecule has 0 aliphatic heterocycles. The highest BCUT2D eigenvalue weighted by Crippen LogP contribution is 1.82. The van der Waals surface area contributed by atoms with Gasteiger partial charge in [0.25, 0.3) is 0 Å². The fourth-order valence-corrected chi connectivity index (χ4v) is 0.233. The number of nitrogens with two attached hydrogens (primary N) is 1. The average Bonchev–Trinajstić information content (AvgIpc) is 1.83. The first-order valence-electron chi connectivity index (χ1n) is 2.38. The van der Waals surface area contributed by atoms with Crippen molar-refractivity contribution >= 4 is 5.97 Å². The SMILES string of the molecule is CC(=O)OCC(N)N=O. The maximum Gasteiger partial charge on any atom is 0.302 e. The molecule has 0 aliphatic carbocycles. The summed E-state index contributed by atoms with van der Waals surface area (Å²) in [5.74, 6) is -0.464. The fraction of sp³-hybridized carbons (Fsp3) is 0.750. The van der Waals surface area contributed by atoms with E-state index in [0.29, 0.717) is 0 Å². The van der Waals surface area contributed by atoms with Crippen LogP contribution in [0.25, 0.3) is 0 Å². The first kappa shape index (κ1) is 8.03. The summed E-state index contributed by atoms with van der Waals surface area (Å²) >= 11 is 0. The Labute approximate surface area is 52.1 Å². The van der Waals surface area contributed by atoms with Crippen molar-refractivity contribution in [2.24, 2.45) is 10.9 Å². The molecule has 0 saturated carbocycles. The molecule has 2 N–H and O–H groups in total. The summed E-state index contributed by atoms with van der Waals surface area (Å²) in [4.78, 5) is 19.6.